The molecule has 2 radical (unpaired) electrons. The Bertz CT molecular complexity index is 70.4. The molecule has 0 bridgehead atoms. The van der Waals surface area contributed by atoms with Crippen molar-refractivity contribution in [1.29, 1.82) is 0 Å². The molecule has 0 rings (SSSR count). The van der Waals surface area contributed by atoms with E-state index in [0.717, 1.165) is 12.8 Å². The molecule has 8 heavy (non-hydrogen) atoms. The van der Waals surface area contributed by atoms with Crippen molar-refractivity contribution < 1.29 is 0 Å². The van der Waals surface area contributed by atoms with Gasteiger partial charge in [-0.25, -0.2) is 0 Å². The third kappa shape index (κ3) is 5.54. The van der Waals surface area contributed by atoms with Gasteiger partial charge < -0.3 is 0 Å². The predicted molar refractivity (Wildman–Crippen MR) is 38.9 cm³/mol. The van der Waals surface area contributed by atoms with Gasteiger partial charge in [-0.1, -0.05) is 18.2 Å². The Morgan fingerprint density at radius 2 is 1.88 bits per heavy atom. The zero-order valence-corrected chi connectivity index (χ0v) is 5.30. The topological polar surface area (TPSA) is 0 Å². The fourth-order valence-electron chi connectivity index (χ4n) is 0.455. The normalized spacial score (nSPS) is 11.6. The molecular formula is C7H11B. The van der Waals surface area contributed by atoms with Crippen LogP contribution < -0.4 is 0 Å². The lowest BCUT2D eigenvalue weighted by molar-refractivity contribution is 1.05. The lowest BCUT2D eigenvalue weighted by Gasteiger charge is -1.81. The summed E-state index contributed by atoms with van der Waals surface area (Å²) in [5, 5.41) is 0. The van der Waals surface area contributed by atoms with E-state index in [4.69, 9.17) is 7.85 Å². The van der Waals surface area contributed by atoms with Gasteiger partial charge in [0, 0.05) is 0 Å². The Morgan fingerprint density at radius 3 is 2.38 bits per heavy atom. The van der Waals surface area contributed by atoms with Crippen LogP contribution in [0.25, 0.3) is 0 Å². The van der Waals surface area contributed by atoms with Gasteiger partial charge in [0.05, 0.1) is 0 Å². The minimum Gasteiger partial charge on any atom is -0.135 e. The van der Waals surface area contributed by atoms with Crippen LogP contribution in [0.4, 0.5) is 0 Å². The molecule has 0 aliphatic heterocycles. The predicted octanol–water partition coefficient (Wildman–Crippen LogP) is 2.02. The Labute approximate surface area is 52.7 Å². The number of allylic oxidation sites excluding steroid dienone is 3. The van der Waals surface area contributed by atoms with Crippen LogP contribution in [0.3, 0.4) is 0 Å². The molecule has 1 heteroatoms. The third-order valence-electron chi connectivity index (χ3n) is 0.872. The number of rotatable bonds is 3. The highest BCUT2D eigenvalue weighted by Gasteiger charge is 1.70. The molecule has 0 saturated carbocycles. The SMILES string of the molecule is [B]/C=C/CC/C=C/C. The summed E-state index contributed by atoms with van der Waals surface area (Å²) in [5.41, 5.74) is 0. The second kappa shape index (κ2) is 6.54. The molecule has 0 N–H and O–H groups in total. The quantitative estimate of drug-likeness (QED) is 0.293. The molecule has 0 amide bonds. The summed E-state index contributed by atoms with van der Waals surface area (Å²) in [6, 6.07) is 0. The van der Waals surface area contributed by atoms with E-state index in [2.05, 4.69) is 6.08 Å². The molecule has 0 spiro atoms. The molecule has 0 aliphatic carbocycles. The van der Waals surface area contributed by atoms with Crippen LogP contribution in [0.5, 0.6) is 0 Å². The van der Waals surface area contributed by atoms with Crippen molar-refractivity contribution in [3.05, 3.63) is 24.2 Å². The fourth-order valence-corrected chi connectivity index (χ4v) is 0.455. The molecule has 0 aromatic heterocycles. The van der Waals surface area contributed by atoms with E-state index < -0.39 is 0 Å². The first-order valence-corrected chi connectivity index (χ1v) is 2.89. The molecule has 0 aromatic carbocycles. The van der Waals surface area contributed by atoms with Gasteiger partial charge in [0.1, 0.15) is 7.85 Å². The van der Waals surface area contributed by atoms with Crippen LogP contribution >= 0.6 is 0 Å². The van der Waals surface area contributed by atoms with Gasteiger partial charge in [0.15, 0.2) is 0 Å². The molecule has 42 valence electrons. The summed E-state index contributed by atoms with van der Waals surface area (Å²) < 4.78 is 0. The lowest BCUT2D eigenvalue weighted by atomic mass is 10.1. The summed E-state index contributed by atoms with van der Waals surface area (Å²) in [4.78, 5) is 0. The van der Waals surface area contributed by atoms with E-state index in [-0.39, 0.29) is 0 Å². The van der Waals surface area contributed by atoms with E-state index >= 15 is 0 Å². The van der Waals surface area contributed by atoms with E-state index in [0.29, 0.717) is 0 Å². The van der Waals surface area contributed by atoms with E-state index in [1.165, 1.54) is 0 Å². The summed E-state index contributed by atoms with van der Waals surface area (Å²) in [5.74, 6) is 1.59. The lowest BCUT2D eigenvalue weighted by Crippen LogP contribution is -1.62. The minimum atomic E-state index is 1.06. The number of unbranched alkanes of at least 4 members (excludes halogenated alkanes) is 1. The molecule has 0 nitrogen and oxygen atoms in total. The maximum Gasteiger partial charge on any atom is 0.102 e. The third-order valence-corrected chi connectivity index (χ3v) is 0.872. The van der Waals surface area contributed by atoms with Crippen molar-refractivity contribution in [1.82, 2.24) is 0 Å². The fraction of sp³-hybridized carbons (Fsp3) is 0.429. The molecule has 0 fully saturated rings. The first-order valence-electron chi connectivity index (χ1n) is 2.89. The molecule has 0 aromatic rings. The van der Waals surface area contributed by atoms with Gasteiger partial charge in [-0.05, 0) is 19.8 Å². The standard InChI is InChI=1S/C7H11B/c1-2-3-4-5-6-7-8/h2-3,6-7H,4-5H2,1H3/b3-2+,7-6+. The zero-order chi connectivity index (χ0) is 6.24. The summed E-state index contributed by atoms with van der Waals surface area (Å²) in [6.07, 6.45) is 8.29. The maximum absolute atomic E-state index is 5.11. The summed E-state index contributed by atoms with van der Waals surface area (Å²) in [7, 11) is 5.11. The number of hydrogen-bond acceptors (Lipinski definition) is 0. The van der Waals surface area contributed by atoms with Crippen LogP contribution in [0.2, 0.25) is 0 Å². The first kappa shape index (κ1) is 7.54. The van der Waals surface area contributed by atoms with Gasteiger partial charge in [-0.2, -0.15) is 0 Å². The average Bonchev–Trinajstić information content (AvgIpc) is 1.81. The summed E-state index contributed by atoms with van der Waals surface area (Å²) in [6.45, 7) is 2.02. The maximum atomic E-state index is 5.11. The highest BCUT2D eigenvalue weighted by molar-refractivity contribution is 6.16. The summed E-state index contributed by atoms with van der Waals surface area (Å²) >= 11 is 0. The van der Waals surface area contributed by atoms with Crippen LogP contribution in [-0.4, -0.2) is 7.85 Å². The Balaban J connectivity index is 2.93. The minimum absolute atomic E-state index is 1.06. The van der Waals surface area contributed by atoms with E-state index in [1.54, 1.807) is 5.98 Å². The average molecular weight is 106 g/mol. The highest BCUT2D eigenvalue weighted by Crippen LogP contribution is 1.90. The second-order valence-corrected chi connectivity index (χ2v) is 1.57. The Kier molecular flexibility index (Phi) is 6.17. The highest BCUT2D eigenvalue weighted by atomic mass is 13.8. The molecule has 0 heterocycles. The van der Waals surface area contributed by atoms with Crippen molar-refractivity contribution in [2.75, 3.05) is 0 Å². The van der Waals surface area contributed by atoms with Crippen LogP contribution in [0.15, 0.2) is 24.2 Å². The van der Waals surface area contributed by atoms with Crippen LogP contribution in [0, 0.1) is 0 Å². The zero-order valence-electron chi connectivity index (χ0n) is 5.30. The van der Waals surface area contributed by atoms with Crippen molar-refractivity contribution in [2.45, 2.75) is 19.8 Å². The van der Waals surface area contributed by atoms with Crippen molar-refractivity contribution in [2.24, 2.45) is 0 Å². The van der Waals surface area contributed by atoms with Crippen molar-refractivity contribution >= 4 is 7.85 Å². The Morgan fingerprint density at radius 1 is 1.25 bits per heavy atom. The van der Waals surface area contributed by atoms with Crippen LogP contribution in [0.1, 0.15) is 19.8 Å². The second-order valence-electron chi connectivity index (χ2n) is 1.57. The largest absolute Gasteiger partial charge is 0.135 e. The Hall–Kier alpha value is -0.455. The smallest absolute Gasteiger partial charge is 0.102 e. The monoisotopic (exact) mass is 106 g/mol. The van der Waals surface area contributed by atoms with Crippen molar-refractivity contribution in [3.8, 4) is 0 Å². The molecule has 0 aliphatic rings. The first-order chi connectivity index (χ1) is 3.91. The van der Waals surface area contributed by atoms with Gasteiger partial charge in [0.2, 0.25) is 0 Å². The van der Waals surface area contributed by atoms with Crippen LogP contribution in [-0.2, 0) is 0 Å². The van der Waals surface area contributed by atoms with Gasteiger partial charge >= 0.3 is 0 Å². The van der Waals surface area contributed by atoms with E-state index in [1.807, 2.05) is 19.1 Å². The number of hydrogen-bond donors (Lipinski definition) is 0. The van der Waals surface area contributed by atoms with Crippen molar-refractivity contribution in [3.63, 3.8) is 0 Å². The van der Waals surface area contributed by atoms with Gasteiger partial charge in [0.25, 0.3) is 0 Å². The molecule has 0 saturated heterocycles. The van der Waals surface area contributed by atoms with Gasteiger partial charge in [-0.15, -0.1) is 5.98 Å². The van der Waals surface area contributed by atoms with Gasteiger partial charge in [-0.3, -0.25) is 0 Å². The molecular weight excluding hydrogens is 94.9 g/mol. The molecule has 0 unspecified atom stereocenters. The molecule has 0 atom stereocenters. The van der Waals surface area contributed by atoms with E-state index in [9.17, 15) is 0 Å².